The normalized spacial score (nSPS) is 11.7. The molecular weight excluding hydrogens is 464 g/mol. The molecule has 178 valence electrons. The van der Waals surface area contributed by atoms with Crippen LogP contribution in [-0.2, 0) is 0 Å². The summed E-state index contributed by atoms with van der Waals surface area (Å²) in [6.07, 6.45) is 6.03. The predicted molar refractivity (Wildman–Crippen MR) is 156 cm³/mol. The monoisotopic (exact) mass is 486 g/mol. The van der Waals surface area contributed by atoms with Gasteiger partial charge < -0.3 is 9.13 Å². The first-order chi connectivity index (χ1) is 18.8. The molecule has 0 amide bonds. The van der Waals surface area contributed by atoms with Gasteiger partial charge in [0.25, 0.3) is 0 Å². The molecule has 0 radical (unpaired) electrons. The Kier molecular flexibility index (Phi) is 4.49. The van der Waals surface area contributed by atoms with Gasteiger partial charge in [-0.15, -0.1) is 0 Å². The molecule has 0 atom stereocenters. The molecule has 0 saturated heterocycles. The lowest BCUT2D eigenvalue weighted by Gasteiger charge is -2.11. The Hall–Kier alpha value is -5.22. The zero-order chi connectivity index (χ0) is 25.1. The first-order valence-corrected chi connectivity index (χ1v) is 12.8. The Labute approximate surface area is 219 Å². The van der Waals surface area contributed by atoms with Gasteiger partial charge in [-0.1, -0.05) is 84.9 Å². The summed E-state index contributed by atoms with van der Waals surface area (Å²) in [4.78, 5) is 9.56. The van der Waals surface area contributed by atoms with Crippen LogP contribution in [0.3, 0.4) is 0 Å². The summed E-state index contributed by atoms with van der Waals surface area (Å²) >= 11 is 0. The maximum absolute atomic E-state index is 4.78. The van der Waals surface area contributed by atoms with Crippen LogP contribution < -0.4 is 0 Å². The second kappa shape index (κ2) is 8.15. The minimum Gasteiger partial charge on any atom is -0.316 e. The quantitative estimate of drug-likeness (QED) is 0.252. The molecular formula is C34H22N4. The third kappa shape index (κ3) is 3.10. The Morgan fingerprint density at radius 2 is 1.24 bits per heavy atom. The van der Waals surface area contributed by atoms with Crippen LogP contribution in [0.1, 0.15) is 0 Å². The molecule has 38 heavy (non-hydrogen) atoms. The highest BCUT2D eigenvalue weighted by atomic mass is 15.0. The number of fused-ring (bicyclic) bond motifs is 6. The van der Waals surface area contributed by atoms with Crippen molar-refractivity contribution in [2.45, 2.75) is 0 Å². The van der Waals surface area contributed by atoms with E-state index in [-0.39, 0.29) is 0 Å². The topological polar surface area (TPSA) is 35.6 Å². The third-order valence-electron chi connectivity index (χ3n) is 7.43. The van der Waals surface area contributed by atoms with E-state index >= 15 is 0 Å². The summed E-state index contributed by atoms with van der Waals surface area (Å²) in [5.74, 6) is 0.723. The van der Waals surface area contributed by atoms with Crippen LogP contribution in [0.4, 0.5) is 0 Å². The molecule has 0 saturated carbocycles. The Morgan fingerprint density at radius 3 is 2.05 bits per heavy atom. The summed E-state index contributed by atoms with van der Waals surface area (Å²) in [5.41, 5.74) is 6.57. The number of aromatic nitrogens is 4. The Morgan fingerprint density at radius 1 is 0.500 bits per heavy atom. The molecule has 0 aliphatic rings. The van der Waals surface area contributed by atoms with Crippen LogP contribution in [0.5, 0.6) is 0 Å². The molecule has 5 aromatic carbocycles. The van der Waals surface area contributed by atoms with Gasteiger partial charge in [0.2, 0.25) is 0 Å². The van der Waals surface area contributed by atoms with Crippen LogP contribution >= 0.6 is 0 Å². The van der Waals surface area contributed by atoms with Gasteiger partial charge in [-0.05, 0) is 35.7 Å². The molecule has 0 aliphatic heterocycles. The average Bonchev–Trinajstić information content (AvgIpc) is 3.56. The van der Waals surface area contributed by atoms with Gasteiger partial charge in [0.1, 0.15) is 0 Å². The molecule has 0 aliphatic carbocycles. The summed E-state index contributed by atoms with van der Waals surface area (Å²) in [6.45, 7) is 0. The van der Waals surface area contributed by atoms with Crippen LogP contribution in [0.15, 0.2) is 134 Å². The molecule has 8 rings (SSSR count). The Balaban J connectivity index is 1.46. The lowest BCUT2D eigenvalue weighted by Crippen LogP contribution is -1.98. The van der Waals surface area contributed by atoms with E-state index in [1.54, 1.807) is 0 Å². The zero-order valence-corrected chi connectivity index (χ0v) is 20.5. The first kappa shape index (κ1) is 20.9. The summed E-state index contributed by atoms with van der Waals surface area (Å²) in [7, 11) is 0. The maximum atomic E-state index is 4.78. The summed E-state index contributed by atoms with van der Waals surface area (Å²) in [6, 6.07) is 40.5. The molecule has 0 fully saturated rings. The number of hydrogen-bond donors (Lipinski definition) is 0. The number of nitrogens with zero attached hydrogens (tertiary/aromatic N) is 4. The number of rotatable bonds is 3. The van der Waals surface area contributed by atoms with Crippen molar-refractivity contribution in [2.24, 2.45) is 0 Å². The highest BCUT2D eigenvalue weighted by Gasteiger charge is 2.18. The van der Waals surface area contributed by atoms with E-state index in [9.17, 15) is 0 Å². The Bertz CT molecular complexity index is 2100. The highest BCUT2D eigenvalue weighted by molar-refractivity contribution is 6.20. The van der Waals surface area contributed by atoms with Gasteiger partial charge >= 0.3 is 0 Å². The van der Waals surface area contributed by atoms with Crippen molar-refractivity contribution in [1.29, 1.82) is 0 Å². The molecule has 8 aromatic rings. The molecule has 3 heterocycles. The zero-order valence-electron chi connectivity index (χ0n) is 20.5. The van der Waals surface area contributed by atoms with E-state index < -0.39 is 0 Å². The van der Waals surface area contributed by atoms with Crippen molar-refractivity contribution in [2.75, 3.05) is 0 Å². The SMILES string of the molecule is c1ccc(-c2ncc(-n3c4cc5c(ccn5-c5ccccc5)cc4c4ccc5ccccc5c43)cn2)cc1. The van der Waals surface area contributed by atoms with Gasteiger partial charge in [-0.2, -0.15) is 0 Å². The number of benzene rings is 5. The molecule has 3 aromatic heterocycles. The van der Waals surface area contributed by atoms with Crippen molar-refractivity contribution < 1.29 is 0 Å². The molecule has 0 N–H and O–H groups in total. The summed E-state index contributed by atoms with van der Waals surface area (Å²) < 4.78 is 4.58. The van der Waals surface area contributed by atoms with Gasteiger partial charge in [0.15, 0.2) is 5.82 Å². The number of para-hydroxylation sites is 1. The predicted octanol–water partition coefficient (Wildman–Crippen LogP) is 8.34. The fraction of sp³-hybridized carbons (Fsp3) is 0. The van der Waals surface area contributed by atoms with E-state index in [4.69, 9.17) is 9.97 Å². The maximum Gasteiger partial charge on any atom is 0.159 e. The van der Waals surface area contributed by atoms with Crippen LogP contribution in [-0.4, -0.2) is 19.1 Å². The fourth-order valence-electron chi connectivity index (χ4n) is 5.66. The average molecular weight is 487 g/mol. The fourth-order valence-corrected chi connectivity index (χ4v) is 5.66. The van der Waals surface area contributed by atoms with Gasteiger partial charge in [0, 0.05) is 39.0 Å². The molecule has 4 nitrogen and oxygen atoms in total. The largest absolute Gasteiger partial charge is 0.316 e. The van der Waals surface area contributed by atoms with Crippen molar-refractivity contribution in [3.63, 3.8) is 0 Å². The molecule has 0 bridgehead atoms. The summed E-state index contributed by atoms with van der Waals surface area (Å²) in [5, 5.41) is 6.08. The minimum absolute atomic E-state index is 0.723. The van der Waals surface area contributed by atoms with E-state index in [0.717, 1.165) is 28.3 Å². The van der Waals surface area contributed by atoms with Crippen LogP contribution in [0.25, 0.3) is 66.2 Å². The van der Waals surface area contributed by atoms with Crippen molar-refractivity contribution in [1.82, 2.24) is 19.1 Å². The minimum atomic E-state index is 0.723. The lowest BCUT2D eigenvalue weighted by atomic mass is 10.1. The first-order valence-electron chi connectivity index (χ1n) is 12.8. The van der Waals surface area contributed by atoms with E-state index in [1.165, 1.54) is 38.0 Å². The van der Waals surface area contributed by atoms with Gasteiger partial charge in [-0.25, -0.2) is 9.97 Å². The molecule has 0 spiro atoms. The van der Waals surface area contributed by atoms with Crippen LogP contribution in [0.2, 0.25) is 0 Å². The van der Waals surface area contributed by atoms with Crippen molar-refractivity contribution in [3.8, 4) is 22.8 Å². The van der Waals surface area contributed by atoms with Crippen molar-refractivity contribution >= 4 is 43.5 Å². The smallest absolute Gasteiger partial charge is 0.159 e. The van der Waals surface area contributed by atoms with E-state index in [0.29, 0.717) is 0 Å². The van der Waals surface area contributed by atoms with Crippen molar-refractivity contribution in [3.05, 3.63) is 134 Å². The highest BCUT2D eigenvalue weighted by Crippen LogP contribution is 2.39. The lowest BCUT2D eigenvalue weighted by molar-refractivity contribution is 1.08. The van der Waals surface area contributed by atoms with Gasteiger partial charge in [-0.3, -0.25) is 0 Å². The van der Waals surface area contributed by atoms with Crippen LogP contribution in [0, 0.1) is 0 Å². The molecule has 0 unspecified atom stereocenters. The third-order valence-corrected chi connectivity index (χ3v) is 7.43. The van der Waals surface area contributed by atoms with E-state index in [2.05, 4.69) is 100 Å². The number of hydrogen-bond acceptors (Lipinski definition) is 2. The molecule has 4 heteroatoms. The second-order valence-electron chi connectivity index (χ2n) is 9.60. The second-order valence-corrected chi connectivity index (χ2v) is 9.60. The van der Waals surface area contributed by atoms with E-state index in [1.807, 2.05) is 42.7 Å². The van der Waals surface area contributed by atoms with Gasteiger partial charge in [0.05, 0.1) is 34.6 Å². The standard InChI is InChI=1S/C34H22N4/c1-3-10-24(11-4-1)34-35-21-27(22-36-34)38-32-20-31-25(17-18-37(31)26-12-5-2-6-13-26)19-30(32)29-16-15-23-9-7-8-14-28(23)33(29)38/h1-22H.